The number of nitrogen functional groups attached to an aromatic ring is 1. The molecular formula is C20H19N5O2S. The van der Waals surface area contributed by atoms with Crippen LogP contribution in [-0.2, 0) is 6.54 Å². The number of thiazole rings is 1. The molecule has 7 nitrogen and oxygen atoms in total. The van der Waals surface area contributed by atoms with Crippen molar-refractivity contribution in [3.63, 3.8) is 0 Å². The molecule has 2 aliphatic heterocycles. The van der Waals surface area contributed by atoms with Gasteiger partial charge >= 0.3 is 0 Å². The Hall–Kier alpha value is -3.00. The number of nitrogens with two attached hydrogens (primary N) is 1. The minimum Gasteiger partial charge on any atom is -0.375 e. The number of hydrogen-bond donors (Lipinski definition) is 1. The highest BCUT2D eigenvalue weighted by molar-refractivity contribution is 7.17. The van der Waals surface area contributed by atoms with Crippen LogP contribution in [0.15, 0.2) is 47.7 Å². The second-order valence-corrected chi connectivity index (χ2v) is 8.49. The molecule has 1 fully saturated rings. The predicted molar refractivity (Wildman–Crippen MR) is 107 cm³/mol. The third kappa shape index (κ3) is 2.90. The largest absolute Gasteiger partial charge is 0.375 e. The van der Waals surface area contributed by atoms with Gasteiger partial charge in [-0.15, -0.1) is 0 Å². The summed E-state index contributed by atoms with van der Waals surface area (Å²) in [5.41, 5.74) is 8.50. The van der Waals surface area contributed by atoms with Crippen molar-refractivity contribution in [2.75, 3.05) is 18.8 Å². The van der Waals surface area contributed by atoms with Gasteiger partial charge in [-0.2, -0.15) is 0 Å². The van der Waals surface area contributed by atoms with Crippen molar-refractivity contribution in [3.8, 4) is 11.1 Å². The van der Waals surface area contributed by atoms with Crippen LogP contribution < -0.4 is 11.3 Å². The molecule has 3 aromatic heterocycles. The van der Waals surface area contributed by atoms with Gasteiger partial charge in [-0.25, -0.2) is 4.98 Å². The van der Waals surface area contributed by atoms with Gasteiger partial charge in [-0.05, 0) is 30.0 Å². The number of piperidine rings is 1. The van der Waals surface area contributed by atoms with E-state index < -0.39 is 0 Å². The lowest BCUT2D eigenvalue weighted by molar-refractivity contribution is 0.0599. The average molecular weight is 393 g/mol. The smallest absolute Gasteiger partial charge is 0.265 e. The highest BCUT2D eigenvalue weighted by Crippen LogP contribution is 2.37. The standard InChI is InChI=1S/C20H19N5O2S/c21-20-23-8-17(28-20)19(27)24-9-12-4-15(11-24)16-5-14(6-18(26)25(16)10-12)13-2-1-3-22-7-13/h1-3,5-8,12,15H,4,9-11H2,(H2,21,23)/t12-,15+/m0/s1. The topological polar surface area (TPSA) is 94.1 Å². The van der Waals surface area contributed by atoms with Crippen molar-refractivity contribution >= 4 is 22.4 Å². The van der Waals surface area contributed by atoms with Gasteiger partial charge in [0.15, 0.2) is 5.13 Å². The molecule has 1 saturated heterocycles. The number of fused-ring (bicyclic) bond motifs is 4. The molecule has 1 amide bonds. The first kappa shape index (κ1) is 17.1. The Morgan fingerprint density at radius 1 is 1.18 bits per heavy atom. The molecule has 2 aliphatic rings. The van der Waals surface area contributed by atoms with E-state index in [1.807, 2.05) is 21.6 Å². The summed E-state index contributed by atoms with van der Waals surface area (Å²) in [7, 11) is 0. The van der Waals surface area contributed by atoms with Crippen LogP contribution >= 0.6 is 11.3 Å². The fraction of sp³-hybridized carbons (Fsp3) is 0.300. The zero-order chi connectivity index (χ0) is 19.3. The van der Waals surface area contributed by atoms with Gasteiger partial charge in [-0.3, -0.25) is 14.6 Å². The van der Waals surface area contributed by atoms with Crippen molar-refractivity contribution in [3.05, 3.63) is 63.8 Å². The molecular weight excluding hydrogens is 374 g/mol. The van der Waals surface area contributed by atoms with E-state index in [-0.39, 0.29) is 23.3 Å². The summed E-state index contributed by atoms with van der Waals surface area (Å²) in [4.78, 5) is 36.3. The molecule has 142 valence electrons. The lowest BCUT2D eigenvalue weighted by Crippen LogP contribution is -2.49. The molecule has 28 heavy (non-hydrogen) atoms. The summed E-state index contributed by atoms with van der Waals surface area (Å²) in [5, 5.41) is 0.401. The van der Waals surface area contributed by atoms with Crippen LogP contribution in [0, 0.1) is 5.92 Å². The minimum atomic E-state index is -0.0249. The Bertz CT molecular complexity index is 1110. The molecule has 2 bridgehead atoms. The minimum absolute atomic E-state index is 0.0149. The Morgan fingerprint density at radius 2 is 2.07 bits per heavy atom. The molecule has 0 aromatic carbocycles. The third-order valence-corrected chi connectivity index (χ3v) is 6.39. The Morgan fingerprint density at radius 3 is 2.82 bits per heavy atom. The average Bonchev–Trinajstić information content (AvgIpc) is 3.15. The van der Waals surface area contributed by atoms with Gasteiger partial charge in [0, 0.05) is 55.3 Å². The third-order valence-electron chi connectivity index (χ3n) is 5.57. The number of likely N-dealkylation sites (tertiary alicyclic amines) is 1. The van der Waals surface area contributed by atoms with E-state index in [0.29, 0.717) is 29.6 Å². The summed E-state index contributed by atoms with van der Waals surface area (Å²) in [6, 6.07) is 7.59. The van der Waals surface area contributed by atoms with Crippen LogP contribution in [0.1, 0.15) is 27.7 Å². The van der Waals surface area contributed by atoms with Crippen LogP contribution in [0.4, 0.5) is 5.13 Å². The second kappa shape index (κ2) is 6.56. The van der Waals surface area contributed by atoms with Gasteiger partial charge in [-0.1, -0.05) is 17.4 Å². The molecule has 0 unspecified atom stereocenters. The van der Waals surface area contributed by atoms with Crippen molar-refractivity contribution in [1.82, 2.24) is 19.4 Å². The highest BCUT2D eigenvalue weighted by Gasteiger charge is 2.37. The van der Waals surface area contributed by atoms with Crippen LogP contribution in [0.3, 0.4) is 0 Å². The van der Waals surface area contributed by atoms with Gasteiger partial charge in [0.2, 0.25) is 0 Å². The number of pyridine rings is 2. The molecule has 0 aliphatic carbocycles. The van der Waals surface area contributed by atoms with Crippen LogP contribution in [-0.4, -0.2) is 38.4 Å². The summed E-state index contributed by atoms with van der Waals surface area (Å²) >= 11 is 1.22. The van der Waals surface area contributed by atoms with Crippen molar-refractivity contribution in [2.45, 2.75) is 18.9 Å². The molecule has 0 radical (unpaired) electrons. The zero-order valence-electron chi connectivity index (χ0n) is 15.1. The number of anilines is 1. The summed E-state index contributed by atoms with van der Waals surface area (Å²) in [5.74, 6) is 0.400. The Kier molecular flexibility index (Phi) is 4.01. The summed E-state index contributed by atoms with van der Waals surface area (Å²) in [6.07, 6.45) is 6.02. The number of amides is 1. The van der Waals surface area contributed by atoms with E-state index in [0.717, 1.165) is 23.2 Å². The number of rotatable bonds is 2. The monoisotopic (exact) mass is 393 g/mol. The van der Waals surface area contributed by atoms with Crippen molar-refractivity contribution in [1.29, 1.82) is 0 Å². The van der Waals surface area contributed by atoms with Crippen LogP contribution in [0.25, 0.3) is 11.1 Å². The molecule has 5 rings (SSSR count). The molecule has 3 aromatic rings. The molecule has 2 atom stereocenters. The lowest BCUT2D eigenvalue weighted by atomic mass is 9.82. The quantitative estimate of drug-likeness (QED) is 0.720. The van der Waals surface area contributed by atoms with Gasteiger partial charge in [0.25, 0.3) is 11.5 Å². The molecule has 5 heterocycles. The number of carbonyl (C=O) groups is 1. The SMILES string of the molecule is Nc1ncc(C(=O)N2C[C@@H]3C[C@H](C2)c2cc(-c4cccnc4)cc(=O)n2C3)s1. The Balaban J connectivity index is 1.49. The van der Waals surface area contributed by atoms with E-state index in [4.69, 9.17) is 5.73 Å². The first-order valence-electron chi connectivity index (χ1n) is 9.24. The normalized spacial score (nSPS) is 20.6. The lowest BCUT2D eigenvalue weighted by Gasteiger charge is -2.42. The fourth-order valence-corrected chi connectivity index (χ4v) is 5.02. The fourth-order valence-electron chi connectivity index (χ4n) is 4.37. The molecule has 8 heteroatoms. The van der Waals surface area contributed by atoms with Crippen LogP contribution in [0.5, 0.6) is 0 Å². The summed E-state index contributed by atoms with van der Waals surface area (Å²) in [6.45, 7) is 1.90. The van der Waals surface area contributed by atoms with Gasteiger partial charge in [0.05, 0.1) is 6.20 Å². The highest BCUT2D eigenvalue weighted by atomic mass is 32.1. The van der Waals surface area contributed by atoms with E-state index >= 15 is 0 Å². The number of nitrogens with zero attached hydrogens (tertiary/aromatic N) is 4. The second-order valence-electron chi connectivity index (χ2n) is 7.43. The molecule has 2 N–H and O–H groups in total. The van der Waals surface area contributed by atoms with Crippen molar-refractivity contribution in [2.24, 2.45) is 5.92 Å². The van der Waals surface area contributed by atoms with E-state index in [1.165, 1.54) is 11.3 Å². The van der Waals surface area contributed by atoms with E-state index in [1.54, 1.807) is 24.7 Å². The summed E-state index contributed by atoms with van der Waals surface area (Å²) < 4.78 is 1.88. The van der Waals surface area contributed by atoms with Crippen molar-refractivity contribution < 1.29 is 4.79 Å². The predicted octanol–water partition coefficient (Wildman–Crippen LogP) is 2.21. The first-order valence-corrected chi connectivity index (χ1v) is 10.1. The number of aromatic nitrogens is 3. The molecule has 0 spiro atoms. The number of hydrogen-bond acceptors (Lipinski definition) is 6. The maximum Gasteiger partial charge on any atom is 0.265 e. The van der Waals surface area contributed by atoms with Gasteiger partial charge < -0.3 is 15.2 Å². The van der Waals surface area contributed by atoms with E-state index in [2.05, 4.69) is 16.0 Å². The Labute approximate surface area is 165 Å². The van der Waals surface area contributed by atoms with Crippen LogP contribution in [0.2, 0.25) is 0 Å². The first-order chi connectivity index (χ1) is 13.6. The molecule has 0 saturated carbocycles. The number of carbonyl (C=O) groups excluding carboxylic acids is 1. The van der Waals surface area contributed by atoms with Gasteiger partial charge in [0.1, 0.15) is 4.88 Å². The van der Waals surface area contributed by atoms with E-state index in [9.17, 15) is 9.59 Å². The maximum absolute atomic E-state index is 12.9. The zero-order valence-corrected chi connectivity index (χ0v) is 15.9. The maximum atomic E-state index is 12.9.